The van der Waals surface area contributed by atoms with E-state index < -0.39 is 0 Å². The highest BCUT2D eigenvalue weighted by Crippen LogP contribution is 2.16. The van der Waals surface area contributed by atoms with E-state index in [1.807, 2.05) is 27.8 Å². The molecule has 0 fully saturated rings. The maximum atomic E-state index is 11.9. The summed E-state index contributed by atoms with van der Waals surface area (Å²) in [6.07, 6.45) is 1.47. The molecule has 2 N–H and O–H groups in total. The maximum absolute atomic E-state index is 11.9. The van der Waals surface area contributed by atoms with Crippen molar-refractivity contribution < 1.29 is 4.79 Å². The summed E-state index contributed by atoms with van der Waals surface area (Å²) in [6, 6.07) is 0.194. The molecule has 1 aromatic rings. The molecule has 0 aliphatic heterocycles. The Morgan fingerprint density at radius 1 is 1.44 bits per heavy atom. The van der Waals surface area contributed by atoms with E-state index in [1.54, 1.807) is 0 Å². The summed E-state index contributed by atoms with van der Waals surface area (Å²) < 4.78 is 0. The molecule has 0 aliphatic rings. The van der Waals surface area contributed by atoms with Crippen LogP contribution in [0, 0.1) is 0 Å². The van der Waals surface area contributed by atoms with Crippen LogP contribution in [0.1, 0.15) is 43.0 Å². The maximum Gasteiger partial charge on any atom is 0.271 e. The highest BCUT2D eigenvalue weighted by Gasteiger charge is 2.15. The SMILES string of the molecule is CNC(C)CNC(=O)c1nc(C(C)C)ncc1Cl. The molecule has 1 atom stereocenters. The molecule has 6 heteroatoms. The van der Waals surface area contributed by atoms with Crippen LogP contribution in [0.15, 0.2) is 6.20 Å². The topological polar surface area (TPSA) is 66.9 Å². The van der Waals surface area contributed by atoms with Crippen LogP contribution in [0.5, 0.6) is 0 Å². The summed E-state index contributed by atoms with van der Waals surface area (Å²) in [5, 5.41) is 6.09. The Kier molecular flexibility index (Phi) is 5.50. The molecule has 0 bridgehead atoms. The molecule has 1 rings (SSSR count). The van der Waals surface area contributed by atoms with Gasteiger partial charge in [0.15, 0.2) is 0 Å². The minimum absolute atomic E-state index is 0.157. The summed E-state index contributed by atoms with van der Waals surface area (Å²) in [5.74, 6) is 0.502. The van der Waals surface area contributed by atoms with E-state index in [9.17, 15) is 4.79 Å². The van der Waals surface area contributed by atoms with Crippen LogP contribution >= 0.6 is 11.6 Å². The van der Waals surface area contributed by atoms with Crippen molar-refractivity contribution in [1.82, 2.24) is 20.6 Å². The fourth-order valence-electron chi connectivity index (χ4n) is 1.25. The van der Waals surface area contributed by atoms with Crippen molar-refractivity contribution in [3.63, 3.8) is 0 Å². The first kappa shape index (κ1) is 14.9. The molecular formula is C12H19ClN4O. The average Bonchev–Trinajstić information content (AvgIpc) is 2.35. The van der Waals surface area contributed by atoms with Gasteiger partial charge in [-0.15, -0.1) is 0 Å². The number of halogens is 1. The molecule has 0 aromatic carbocycles. The van der Waals surface area contributed by atoms with Crippen LogP contribution in [0.2, 0.25) is 5.02 Å². The smallest absolute Gasteiger partial charge is 0.271 e. The molecule has 0 radical (unpaired) electrons. The first-order valence-corrected chi connectivity index (χ1v) is 6.31. The molecule has 1 heterocycles. The minimum Gasteiger partial charge on any atom is -0.349 e. The number of likely N-dealkylation sites (N-methyl/N-ethyl adjacent to an activating group) is 1. The van der Waals surface area contributed by atoms with Crippen LogP contribution in [0.25, 0.3) is 0 Å². The van der Waals surface area contributed by atoms with Crippen molar-refractivity contribution in [3.8, 4) is 0 Å². The van der Waals surface area contributed by atoms with Crippen molar-refractivity contribution >= 4 is 17.5 Å². The van der Waals surface area contributed by atoms with Gasteiger partial charge in [0, 0.05) is 18.5 Å². The Bertz CT molecular complexity index is 423. The van der Waals surface area contributed by atoms with E-state index in [4.69, 9.17) is 11.6 Å². The lowest BCUT2D eigenvalue weighted by atomic mass is 10.2. The van der Waals surface area contributed by atoms with Gasteiger partial charge < -0.3 is 10.6 Å². The molecule has 1 amide bonds. The summed E-state index contributed by atoms with van der Waals surface area (Å²) in [7, 11) is 1.84. The van der Waals surface area contributed by atoms with E-state index >= 15 is 0 Å². The summed E-state index contributed by atoms with van der Waals surface area (Å²) in [5.41, 5.74) is 0.235. The van der Waals surface area contributed by atoms with Crippen LogP contribution in [0.4, 0.5) is 0 Å². The van der Waals surface area contributed by atoms with Crippen molar-refractivity contribution in [3.05, 3.63) is 22.7 Å². The second kappa shape index (κ2) is 6.66. The molecule has 5 nitrogen and oxygen atoms in total. The Labute approximate surface area is 112 Å². The normalized spacial score (nSPS) is 12.6. The summed E-state index contributed by atoms with van der Waals surface area (Å²) >= 11 is 5.94. The van der Waals surface area contributed by atoms with Gasteiger partial charge in [-0.2, -0.15) is 0 Å². The molecule has 18 heavy (non-hydrogen) atoms. The molecule has 0 aliphatic carbocycles. The minimum atomic E-state index is -0.272. The van der Waals surface area contributed by atoms with Gasteiger partial charge in [-0.1, -0.05) is 25.4 Å². The van der Waals surface area contributed by atoms with Crippen molar-refractivity contribution in [2.24, 2.45) is 0 Å². The predicted molar refractivity (Wildman–Crippen MR) is 72.0 cm³/mol. The van der Waals surface area contributed by atoms with Crippen molar-refractivity contribution in [2.75, 3.05) is 13.6 Å². The Hall–Kier alpha value is -1.20. The molecular weight excluding hydrogens is 252 g/mol. The number of carbonyl (C=O) groups is 1. The number of nitrogens with zero attached hydrogens (tertiary/aromatic N) is 2. The zero-order valence-corrected chi connectivity index (χ0v) is 11.9. The van der Waals surface area contributed by atoms with E-state index in [-0.39, 0.29) is 28.6 Å². The lowest BCUT2D eigenvalue weighted by Crippen LogP contribution is -2.37. The first-order chi connectivity index (χ1) is 8.45. The summed E-state index contributed by atoms with van der Waals surface area (Å²) in [6.45, 7) is 6.43. The third kappa shape index (κ3) is 3.92. The van der Waals surface area contributed by atoms with Crippen LogP contribution in [-0.4, -0.2) is 35.5 Å². The van der Waals surface area contributed by atoms with Crippen LogP contribution < -0.4 is 10.6 Å². The second-order valence-electron chi connectivity index (χ2n) is 4.48. The van der Waals surface area contributed by atoms with Crippen molar-refractivity contribution in [1.29, 1.82) is 0 Å². The number of nitrogens with one attached hydrogen (secondary N) is 2. The number of hydrogen-bond donors (Lipinski definition) is 2. The van der Waals surface area contributed by atoms with Crippen molar-refractivity contribution in [2.45, 2.75) is 32.7 Å². The molecule has 100 valence electrons. The molecule has 1 aromatic heterocycles. The molecule has 0 saturated heterocycles. The zero-order valence-electron chi connectivity index (χ0n) is 11.1. The fourth-order valence-corrected chi connectivity index (χ4v) is 1.43. The first-order valence-electron chi connectivity index (χ1n) is 5.93. The highest BCUT2D eigenvalue weighted by molar-refractivity contribution is 6.33. The van der Waals surface area contributed by atoms with E-state index in [1.165, 1.54) is 6.20 Å². The lowest BCUT2D eigenvalue weighted by molar-refractivity contribution is 0.0945. The van der Waals surface area contributed by atoms with Gasteiger partial charge in [-0.05, 0) is 14.0 Å². The summed E-state index contributed by atoms with van der Waals surface area (Å²) in [4.78, 5) is 20.2. The Morgan fingerprint density at radius 3 is 2.67 bits per heavy atom. The van der Waals surface area contributed by atoms with Crippen LogP contribution in [0.3, 0.4) is 0 Å². The third-order valence-electron chi connectivity index (χ3n) is 2.56. The number of aromatic nitrogens is 2. The Morgan fingerprint density at radius 2 is 2.11 bits per heavy atom. The van der Waals surface area contributed by atoms with E-state index in [0.29, 0.717) is 12.4 Å². The second-order valence-corrected chi connectivity index (χ2v) is 4.89. The third-order valence-corrected chi connectivity index (χ3v) is 2.83. The van der Waals surface area contributed by atoms with Gasteiger partial charge >= 0.3 is 0 Å². The van der Waals surface area contributed by atoms with E-state index in [0.717, 1.165) is 0 Å². The molecule has 1 unspecified atom stereocenters. The van der Waals surface area contributed by atoms with Gasteiger partial charge in [0.25, 0.3) is 5.91 Å². The predicted octanol–water partition coefficient (Wildman–Crippen LogP) is 1.59. The highest BCUT2D eigenvalue weighted by atomic mass is 35.5. The molecule has 0 spiro atoms. The van der Waals surface area contributed by atoms with E-state index in [2.05, 4.69) is 20.6 Å². The van der Waals surface area contributed by atoms with Gasteiger partial charge in [0.1, 0.15) is 11.5 Å². The largest absolute Gasteiger partial charge is 0.349 e. The number of rotatable bonds is 5. The fraction of sp³-hybridized carbons (Fsp3) is 0.583. The number of hydrogen-bond acceptors (Lipinski definition) is 4. The quantitative estimate of drug-likeness (QED) is 0.853. The average molecular weight is 271 g/mol. The Balaban J connectivity index is 2.81. The lowest BCUT2D eigenvalue weighted by Gasteiger charge is -2.12. The van der Waals surface area contributed by atoms with Gasteiger partial charge in [0.05, 0.1) is 11.2 Å². The number of carbonyl (C=O) groups excluding carboxylic acids is 1. The molecule has 0 saturated carbocycles. The standard InChI is InChI=1S/C12H19ClN4O/c1-7(2)11-15-6-9(13)10(17-11)12(18)16-5-8(3)14-4/h6-8,14H,5H2,1-4H3,(H,16,18). The van der Waals surface area contributed by atoms with Gasteiger partial charge in [-0.3, -0.25) is 4.79 Å². The monoisotopic (exact) mass is 270 g/mol. The van der Waals surface area contributed by atoms with Crippen LogP contribution in [-0.2, 0) is 0 Å². The number of amides is 1. The van der Waals surface area contributed by atoms with Gasteiger partial charge in [-0.25, -0.2) is 9.97 Å². The zero-order chi connectivity index (χ0) is 13.7. The van der Waals surface area contributed by atoms with Gasteiger partial charge in [0.2, 0.25) is 0 Å².